The molecule has 1 aromatic carbocycles. The zero-order valence-electron chi connectivity index (χ0n) is 10.3. The molecule has 0 aromatic heterocycles. The summed E-state index contributed by atoms with van der Waals surface area (Å²) in [5.41, 5.74) is -0.000280. The van der Waals surface area contributed by atoms with Crippen LogP contribution in [0.4, 0.5) is 5.69 Å². The van der Waals surface area contributed by atoms with Gasteiger partial charge in [-0.15, -0.1) is 0 Å². The summed E-state index contributed by atoms with van der Waals surface area (Å²) in [5, 5.41) is 10.5. The summed E-state index contributed by atoms with van der Waals surface area (Å²) in [5.74, 6) is 0.419. The Bertz CT molecular complexity index is 456. The Labute approximate surface area is 113 Å². The van der Waals surface area contributed by atoms with Gasteiger partial charge in [0.05, 0.1) is 28.9 Å². The topological polar surface area (TPSA) is 78.7 Å². The van der Waals surface area contributed by atoms with Crippen molar-refractivity contribution in [1.82, 2.24) is 0 Å². The summed E-state index contributed by atoms with van der Waals surface area (Å²) < 4.78 is 22.7. The van der Waals surface area contributed by atoms with Crippen LogP contribution in [0.25, 0.3) is 0 Å². The average molecular weight is 285 g/mol. The molecule has 1 aliphatic heterocycles. The molecule has 104 valence electrons. The monoisotopic (exact) mass is 285 g/mol. The largest absolute Gasteiger partial charge is 0.353 e. The van der Waals surface area contributed by atoms with Crippen molar-refractivity contribution in [2.75, 3.05) is 19.0 Å². The first-order valence-corrected chi connectivity index (χ1v) is 7.35. The average Bonchev–Trinajstić information content (AvgIpc) is 2.46. The third-order valence-electron chi connectivity index (χ3n) is 2.75. The fourth-order valence-corrected chi connectivity index (χ4v) is 2.83. The number of hydrogen-bond acceptors (Lipinski definition) is 5. The first kappa shape index (κ1) is 14.1. The van der Waals surface area contributed by atoms with E-state index in [1.165, 1.54) is 24.3 Å². The van der Waals surface area contributed by atoms with Crippen LogP contribution in [0.3, 0.4) is 0 Å². The minimum atomic E-state index is -1.19. The Morgan fingerprint density at radius 2 is 1.89 bits per heavy atom. The van der Waals surface area contributed by atoms with E-state index in [2.05, 4.69) is 0 Å². The van der Waals surface area contributed by atoms with E-state index in [0.29, 0.717) is 30.3 Å². The molecule has 6 nitrogen and oxygen atoms in total. The third-order valence-corrected chi connectivity index (χ3v) is 4.15. The zero-order valence-corrected chi connectivity index (χ0v) is 11.1. The van der Waals surface area contributed by atoms with Crippen LogP contribution in [0, 0.1) is 10.1 Å². The van der Waals surface area contributed by atoms with E-state index in [9.17, 15) is 14.3 Å². The van der Waals surface area contributed by atoms with Crippen molar-refractivity contribution in [3.63, 3.8) is 0 Å². The molecule has 1 heterocycles. The molecular weight excluding hydrogens is 270 g/mol. The van der Waals surface area contributed by atoms with Crippen molar-refractivity contribution in [3.05, 3.63) is 34.4 Å². The number of rotatable bonds is 5. The molecule has 0 amide bonds. The molecule has 2 rings (SSSR count). The lowest BCUT2D eigenvalue weighted by Gasteiger charge is -2.22. The quantitative estimate of drug-likeness (QED) is 0.609. The molecule has 1 atom stereocenters. The SMILES string of the molecule is O=[N+]([O-])c1ccc(S(=O)CCC2OCCCO2)cc1. The van der Waals surface area contributed by atoms with E-state index in [1.807, 2.05) is 0 Å². The van der Waals surface area contributed by atoms with E-state index >= 15 is 0 Å². The number of hydrogen-bond donors (Lipinski definition) is 0. The van der Waals surface area contributed by atoms with Crippen LogP contribution in [-0.4, -0.2) is 34.4 Å². The standard InChI is InChI=1S/C12H15NO5S/c14-13(15)10-2-4-11(5-3-10)19(16)9-6-12-17-7-1-8-18-12/h2-5,12H,1,6-9H2. The molecule has 0 N–H and O–H groups in total. The van der Waals surface area contributed by atoms with Crippen LogP contribution in [0.15, 0.2) is 29.2 Å². The maximum atomic E-state index is 12.0. The summed E-state index contributed by atoms with van der Waals surface area (Å²) in [4.78, 5) is 10.6. The molecular formula is C12H15NO5S. The van der Waals surface area contributed by atoms with Crippen molar-refractivity contribution in [3.8, 4) is 0 Å². The van der Waals surface area contributed by atoms with Crippen LogP contribution in [0.1, 0.15) is 12.8 Å². The summed E-state index contributed by atoms with van der Waals surface area (Å²) in [6.07, 6.45) is 1.17. The maximum absolute atomic E-state index is 12.0. The van der Waals surface area contributed by atoms with Gasteiger partial charge in [0, 0.05) is 29.2 Å². The molecule has 0 radical (unpaired) electrons. The second-order valence-electron chi connectivity index (χ2n) is 4.11. The summed E-state index contributed by atoms with van der Waals surface area (Å²) in [6.45, 7) is 1.35. The molecule has 0 aliphatic carbocycles. The van der Waals surface area contributed by atoms with Gasteiger partial charge in [0.25, 0.3) is 5.69 Å². The second kappa shape index (κ2) is 6.74. The van der Waals surface area contributed by atoms with Gasteiger partial charge < -0.3 is 9.47 Å². The smallest absolute Gasteiger partial charge is 0.269 e. The number of ether oxygens (including phenoxy) is 2. The van der Waals surface area contributed by atoms with Crippen LogP contribution < -0.4 is 0 Å². The highest BCUT2D eigenvalue weighted by molar-refractivity contribution is 7.85. The Kier molecular flexibility index (Phi) is 5.00. The molecule has 0 spiro atoms. The van der Waals surface area contributed by atoms with Gasteiger partial charge in [0.1, 0.15) is 0 Å². The van der Waals surface area contributed by atoms with E-state index in [-0.39, 0.29) is 12.0 Å². The van der Waals surface area contributed by atoms with Gasteiger partial charge in [-0.2, -0.15) is 0 Å². The Morgan fingerprint density at radius 1 is 1.26 bits per heavy atom. The van der Waals surface area contributed by atoms with Crippen molar-refractivity contribution < 1.29 is 18.6 Å². The fraction of sp³-hybridized carbons (Fsp3) is 0.500. The summed E-state index contributed by atoms with van der Waals surface area (Å²) in [6, 6.07) is 5.77. The first-order valence-electron chi connectivity index (χ1n) is 6.03. The Morgan fingerprint density at radius 3 is 2.47 bits per heavy atom. The minimum Gasteiger partial charge on any atom is -0.353 e. The Balaban J connectivity index is 1.86. The number of nitro benzene ring substituents is 1. The molecule has 1 aromatic rings. The molecule has 1 fully saturated rings. The number of nitro groups is 1. The van der Waals surface area contributed by atoms with Gasteiger partial charge in [-0.1, -0.05) is 0 Å². The lowest BCUT2D eigenvalue weighted by atomic mass is 10.3. The summed E-state index contributed by atoms with van der Waals surface area (Å²) >= 11 is 0. The second-order valence-corrected chi connectivity index (χ2v) is 5.68. The summed E-state index contributed by atoms with van der Waals surface area (Å²) in [7, 11) is -1.19. The van der Waals surface area contributed by atoms with Gasteiger partial charge in [0.2, 0.25) is 0 Å². The van der Waals surface area contributed by atoms with Crippen molar-refractivity contribution in [2.24, 2.45) is 0 Å². The molecule has 7 heteroatoms. The maximum Gasteiger partial charge on any atom is 0.269 e. The molecule has 0 saturated carbocycles. The lowest BCUT2D eigenvalue weighted by molar-refractivity contribution is -0.384. The first-order chi connectivity index (χ1) is 9.16. The van der Waals surface area contributed by atoms with Gasteiger partial charge in [-0.3, -0.25) is 14.3 Å². The molecule has 1 saturated heterocycles. The minimum absolute atomic E-state index is 0.000280. The number of benzene rings is 1. The third kappa shape index (κ3) is 4.09. The highest BCUT2D eigenvalue weighted by Gasteiger charge is 2.16. The van der Waals surface area contributed by atoms with Crippen LogP contribution in [0.5, 0.6) is 0 Å². The van der Waals surface area contributed by atoms with E-state index < -0.39 is 15.7 Å². The van der Waals surface area contributed by atoms with E-state index in [4.69, 9.17) is 9.47 Å². The predicted molar refractivity (Wildman–Crippen MR) is 69.3 cm³/mol. The highest BCUT2D eigenvalue weighted by Crippen LogP contribution is 2.16. The number of non-ortho nitro benzene ring substituents is 1. The highest BCUT2D eigenvalue weighted by atomic mass is 32.2. The van der Waals surface area contributed by atoms with Crippen LogP contribution >= 0.6 is 0 Å². The van der Waals surface area contributed by atoms with Crippen molar-refractivity contribution in [2.45, 2.75) is 24.0 Å². The normalized spacial score (nSPS) is 18.1. The van der Waals surface area contributed by atoms with Gasteiger partial charge in [0.15, 0.2) is 6.29 Å². The predicted octanol–water partition coefficient (Wildman–Crippen LogP) is 1.86. The molecule has 1 aliphatic rings. The van der Waals surface area contributed by atoms with Gasteiger partial charge in [-0.25, -0.2) is 0 Å². The fourth-order valence-electron chi connectivity index (χ4n) is 1.74. The molecule has 19 heavy (non-hydrogen) atoms. The van der Waals surface area contributed by atoms with Crippen LogP contribution in [-0.2, 0) is 20.3 Å². The van der Waals surface area contributed by atoms with Gasteiger partial charge in [-0.05, 0) is 18.6 Å². The van der Waals surface area contributed by atoms with E-state index in [0.717, 1.165) is 6.42 Å². The number of nitrogens with zero attached hydrogens (tertiary/aromatic N) is 1. The van der Waals surface area contributed by atoms with Crippen molar-refractivity contribution >= 4 is 16.5 Å². The lowest BCUT2D eigenvalue weighted by Crippen LogP contribution is -2.26. The Hall–Kier alpha value is -1.31. The van der Waals surface area contributed by atoms with Crippen LogP contribution in [0.2, 0.25) is 0 Å². The van der Waals surface area contributed by atoms with Gasteiger partial charge >= 0.3 is 0 Å². The molecule has 1 unspecified atom stereocenters. The molecule has 0 bridgehead atoms. The zero-order chi connectivity index (χ0) is 13.7. The van der Waals surface area contributed by atoms with Crippen molar-refractivity contribution in [1.29, 1.82) is 0 Å². The van der Waals surface area contributed by atoms with E-state index in [1.54, 1.807) is 0 Å².